The van der Waals surface area contributed by atoms with Gasteiger partial charge in [-0.2, -0.15) is 5.26 Å². The van der Waals surface area contributed by atoms with Crippen LogP contribution >= 0.6 is 0 Å². The summed E-state index contributed by atoms with van der Waals surface area (Å²) in [5.74, 6) is 0. The van der Waals surface area contributed by atoms with Gasteiger partial charge in [-0.15, -0.1) is 0 Å². The van der Waals surface area contributed by atoms with Crippen LogP contribution in [0.1, 0.15) is 5.56 Å². The Morgan fingerprint density at radius 2 is 2.33 bits per heavy atom. The lowest BCUT2D eigenvalue weighted by Gasteiger charge is -2.01. The molecule has 0 aliphatic carbocycles. The summed E-state index contributed by atoms with van der Waals surface area (Å²) in [6.45, 7) is 0. The Bertz CT molecular complexity index is 341. The topological polar surface area (TPSA) is 78.9 Å². The maximum Gasteiger partial charge on any atom is 0.211 e. The first kappa shape index (κ1) is 8.08. The van der Waals surface area contributed by atoms with Gasteiger partial charge in [-0.3, -0.25) is 4.79 Å². The minimum atomic E-state index is 0.399. The Morgan fingerprint density at radius 1 is 1.58 bits per heavy atom. The van der Waals surface area contributed by atoms with Crippen LogP contribution in [0.15, 0.2) is 18.2 Å². The fourth-order valence-corrected chi connectivity index (χ4v) is 0.842. The standard InChI is InChI=1S/C8H7N3O/c9-4-6-1-2-7(10)3-8(6)11-5-12/h1-3,5H,10H2,(H,11,12). The van der Waals surface area contributed by atoms with E-state index in [1.807, 2.05) is 6.07 Å². The molecule has 0 bridgehead atoms. The molecule has 0 aliphatic heterocycles. The van der Waals surface area contributed by atoms with Crippen LogP contribution in [0.25, 0.3) is 0 Å². The van der Waals surface area contributed by atoms with Crippen molar-refractivity contribution in [1.82, 2.24) is 0 Å². The van der Waals surface area contributed by atoms with Gasteiger partial charge < -0.3 is 11.1 Å². The Morgan fingerprint density at radius 3 is 2.92 bits per heavy atom. The van der Waals surface area contributed by atoms with Crippen LogP contribution in [-0.2, 0) is 4.79 Å². The number of carbonyl (C=O) groups excluding carboxylic acids is 1. The molecule has 0 spiro atoms. The van der Waals surface area contributed by atoms with Crippen LogP contribution in [0.3, 0.4) is 0 Å². The molecule has 0 aliphatic rings. The second-order valence-corrected chi connectivity index (χ2v) is 2.18. The SMILES string of the molecule is N#Cc1ccc(N)cc1NC=O. The number of nitrogens with zero attached hydrogens (tertiary/aromatic N) is 1. The second kappa shape index (κ2) is 3.39. The van der Waals surface area contributed by atoms with Crippen molar-refractivity contribution in [1.29, 1.82) is 5.26 Å². The van der Waals surface area contributed by atoms with E-state index in [0.29, 0.717) is 23.3 Å². The zero-order valence-electron chi connectivity index (χ0n) is 6.24. The quantitative estimate of drug-likeness (QED) is 0.495. The predicted molar refractivity (Wildman–Crippen MR) is 45.3 cm³/mol. The number of amides is 1. The van der Waals surface area contributed by atoms with Crippen molar-refractivity contribution >= 4 is 17.8 Å². The van der Waals surface area contributed by atoms with Gasteiger partial charge in [-0.1, -0.05) is 0 Å². The van der Waals surface area contributed by atoms with Crippen molar-refractivity contribution in [3.63, 3.8) is 0 Å². The number of nitrogen functional groups attached to an aromatic ring is 1. The van der Waals surface area contributed by atoms with Gasteiger partial charge >= 0.3 is 0 Å². The Labute approximate surface area is 69.6 Å². The van der Waals surface area contributed by atoms with Crippen molar-refractivity contribution in [3.05, 3.63) is 23.8 Å². The Kier molecular flexibility index (Phi) is 2.29. The molecule has 0 aromatic heterocycles. The first-order valence-electron chi connectivity index (χ1n) is 3.27. The van der Waals surface area contributed by atoms with E-state index < -0.39 is 0 Å². The molecule has 60 valence electrons. The van der Waals surface area contributed by atoms with Crippen LogP contribution in [0, 0.1) is 11.3 Å². The smallest absolute Gasteiger partial charge is 0.211 e. The summed E-state index contributed by atoms with van der Waals surface area (Å²) in [7, 11) is 0. The highest BCUT2D eigenvalue weighted by Crippen LogP contribution is 2.17. The minimum Gasteiger partial charge on any atom is -0.399 e. The lowest BCUT2D eigenvalue weighted by atomic mass is 10.2. The zero-order valence-corrected chi connectivity index (χ0v) is 6.24. The molecule has 0 unspecified atom stereocenters. The van der Waals surface area contributed by atoms with Gasteiger partial charge in [0, 0.05) is 5.69 Å². The average molecular weight is 161 g/mol. The normalized spacial score (nSPS) is 8.58. The summed E-state index contributed by atoms with van der Waals surface area (Å²) in [5, 5.41) is 11.0. The number of hydrogen-bond donors (Lipinski definition) is 2. The summed E-state index contributed by atoms with van der Waals surface area (Å²) < 4.78 is 0. The number of nitriles is 1. The second-order valence-electron chi connectivity index (χ2n) is 2.18. The molecule has 0 heterocycles. The first-order chi connectivity index (χ1) is 5.77. The van der Waals surface area contributed by atoms with Crippen molar-refractivity contribution in [2.75, 3.05) is 11.1 Å². The molecule has 1 amide bonds. The third-order valence-corrected chi connectivity index (χ3v) is 1.38. The fraction of sp³-hybridized carbons (Fsp3) is 0. The van der Waals surface area contributed by atoms with Crippen LogP contribution in [-0.4, -0.2) is 6.41 Å². The molecule has 1 rings (SSSR count). The van der Waals surface area contributed by atoms with Gasteiger partial charge in [-0.05, 0) is 18.2 Å². The molecule has 0 saturated heterocycles. The van der Waals surface area contributed by atoms with Crippen molar-refractivity contribution in [3.8, 4) is 6.07 Å². The molecule has 0 atom stereocenters. The van der Waals surface area contributed by atoms with E-state index in [1.54, 1.807) is 12.1 Å². The van der Waals surface area contributed by atoms with Crippen LogP contribution < -0.4 is 11.1 Å². The minimum absolute atomic E-state index is 0.399. The van der Waals surface area contributed by atoms with E-state index in [0.717, 1.165) is 0 Å². The van der Waals surface area contributed by atoms with Gasteiger partial charge in [0.05, 0.1) is 11.3 Å². The van der Waals surface area contributed by atoms with Crippen LogP contribution in [0.2, 0.25) is 0 Å². The molecule has 1 aromatic rings. The molecule has 0 fully saturated rings. The molecule has 12 heavy (non-hydrogen) atoms. The zero-order chi connectivity index (χ0) is 8.97. The highest BCUT2D eigenvalue weighted by Gasteiger charge is 1.99. The van der Waals surface area contributed by atoms with E-state index in [1.165, 1.54) is 6.07 Å². The van der Waals surface area contributed by atoms with E-state index in [4.69, 9.17) is 11.0 Å². The number of hydrogen-bond acceptors (Lipinski definition) is 3. The maximum atomic E-state index is 10.1. The largest absolute Gasteiger partial charge is 0.399 e. The summed E-state index contributed by atoms with van der Waals surface area (Å²) in [6.07, 6.45) is 0.510. The lowest BCUT2D eigenvalue weighted by molar-refractivity contribution is -0.105. The molecule has 1 aromatic carbocycles. The summed E-state index contributed by atoms with van der Waals surface area (Å²) in [5.41, 5.74) is 6.80. The molecule has 3 N–H and O–H groups in total. The third-order valence-electron chi connectivity index (χ3n) is 1.38. The molecule has 4 nitrogen and oxygen atoms in total. The number of carbonyl (C=O) groups is 1. The van der Waals surface area contributed by atoms with E-state index in [2.05, 4.69) is 5.32 Å². The molecule has 0 radical (unpaired) electrons. The van der Waals surface area contributed by atoms with Crippen LogP contribution in [0.4, 0.5) is 11.4 Å². The highest BCUT2D eigenvalue weighted by molar-refractivity contribution is 5.77. The predicted octanol–water partition coefficient (Wildman–Crippen LogP) is 0.709. The molecular weight excluding hydrogens is 154 g/mol. The maximum absolute atomic E-state index is 10.1. The average Bonchev–Trinajstić information content (AvgIpc) is 2.05. The lowest BCUT2D eigenvalue weighted by Crippen LogP contribution is -1.97. The number of anilines is 2. The highest BCUT2D eigenvalue weighted by atomic mass is 16.1. The number of nitrogens with one attached hydrogen (secondary N) is 1. The van der Waals surface area contributed by atoms with E-state index >= 15 is 0 Å². The molecule has 4 heteroatoms. The van der Waals surface area contributed by atoms with Crippen molar-refractivity contribution in [2.45, 2.75) is 0 Å². The van der Waals surface area contributed by atoms with Gasteiger partial charge in [0.2, 0.25) is 6.41 Å². The monoisotopic (exact) mass is 161 g/mol. The van der Waals surface area contributed by atoms with Crippen molar-refractivity contribution < 1.29 is 4.79 Å². The Balaban J connectivity index is 3.14. The van der Waals surface area contributed by atoms with Gasteiger partial charge in [0.1, 0.15) is 6.07 Å². The third kappa shape index (κ3) is 1.52. The fourth-order valence-electron chi connectivity index (χ4n) is 0.842. The molecular formula is C8H7N3O. The molecule has 0 saturated carbocycles. The summed E-state index contributed by atoms with van der Waals surface area (Å²) in [4.78, 5) is 10.1. The van der Waals surface area contributed by atoms with Gasteiger partial charge in [-0.25, -0.2) is 0 Å². The van der Waals surface area contributed by atoms with Crippen molar-refractivity contribution in [2.24, 2.45) is 0 Å². The number of nitrogens with two attached hydrogens (primary N) is 1. The first-order valence-corrected chi connectivity index (χ1v) is 3.27. The van der Waals surface area contributed by atoms with Gasteiger partial charge in [0.15, 0.2) is 0 Å². The van der Waals surface area contributed by atoms with Crippen LogP contribution in [0.5, 0.6) is 0 Å². The summed E-state index contributed by atoms with van der Waals surface area (Å²) in [6, 6.07) is 6.63. The Hall–Kier alpha value is -2.02. The number of benzene rings is 1. The van der Waals surface area contributed by atoms with E-state index in [9.17, 15) is 4.79 Å². The summed E-state index contributed by atoms with van der Waals surface area (Å²) >= 11 is 0. The number of rotatable bonds is 2. The van der Waals surface area contributed by atoms with E-state index in [-0.39, 0.29) is 0 Å². The van der Waals surface area contributed by atoms with Gasteiger partial charge in [0.25, 0.3) is 0 Å².